The number of allylic oxidation sites excluding steroid dienone is 1. The topological polar surface area (TPSA) is 12.0 Å². The smallest absolute Gasteiger partial charge is 0.00683 e. The van der Waals surface area contributed by atoms with Crippen molar-refractivity contribution in [3.05, 3.63) is 11.6 Å². The summed E-state index contributed by atoms with van der Waals surface area (Å²) in [6, 6.07) is 0.858. The second kappa shape index (κ2) is 8.74. The van der Waals surface area contributed by atoms with Gasteiger partial charge in [0.25, 0.3) is 0 Å². The number of rotatable bonds is 10. The first-order valence-electron chi connectivity index (χ1n) is 7.65. The second-order valence-corrected chi connectivity index (χ2v) is 5.69. The zero-order valence-electron chi connectivity index (χ0n) is 12.1. The van der Waals surface area contributed by atoms with Crippen molar-refractivity contribution in [3.63, 3.8) is 0 Å². The van der Waals surface area contributed by atoms with E-state index in [2.05, 4.69) is 32.2 Å². The van der Waals surface area contributed by atoms with E-state index >= 15 is 0 Å². The fraction of sp³-hybridized carbons (Fsp3) is 0.875. The lowest BCUT2D eigenvalue weighted by atomic mass is 9.92. The SMILES string of the molecule is CCCCC(CC)CC(C)=CCCNC1CC1. The zero-order valence-corrected chi connectivity index (χ0v) is 12.1. The Morgan fingerprint density at radius 1 is 1.35 bits per heavy atom. The predicted octanol–water partition coefficient (Wildman–Crippen LogP) is 4.68. The molecule has 1 atom stereocenters. The van der Waals surface area contributed by atoms with E-state index in [1.807, 2.05) is 0 Å². The molecule has 0 aromatic heterocycles. The van der Waals surface area contributed by atoms with Gasteiger partial charge in [0.15, 0.2) is 0 Å². The molecule has 0 amide bonds. The van der Waals surface area contributed by atoms with Crippen molar-refractivity contribution in [2.45, 2.75) is 78.2 Å². The summed E-state index contributed by atoms with van der Waals surface area (Å²) < 4.78 is 0. The number of nitrogens with one attached hydrogen (secondary N) is 1. The Labute approximate surface area is 108 Å². The van der Waals surface area contributed by atoms with Gasteiger partial charge in [0.05, 0.1) is 0 Å². The number of hydrogen-bond donors (Lipinski definition) is 1. The van der Waals surface area contributed by atoms with Crippen LogP contribution in [0.5, 0.6) is 0 Å². The maximum absolute atomic E-state index is 3.57. The Bertz CT molecular complexity index is 216. The summed E-state index contributed by atoms with van der Waals surface area (Å²) in [4.78, 5) is 0. The van der Waals surface area contributed by atoms with Crippen molar-refractivity contribution >= 4 is 0 Å². The normalized spacial score (nSPS) is 18.4. The first kappa shape index (κ1) is 14.8. The van der Waals surface area contributed by atoms with Gasteiger partial charge in [-0.25, -0.2) is 0 Å². The Hall–Kier alpha value is -0.300. The van der Waals surface area contributed by atoms with Gasteiger partial charge in [-0.05, 0) is 45.1 Å². The summed E-state index contributed by atoms with van der Waals surface area (Å²) in [5.41, 5.74) is 1.60. The van der Waals surface area contributed by atoms with Crippen molar-refractivity contribution in [2.75, 3.05) is 6.54 Å². The van der Waals surface area contributed by atoms with Gasteiger partial charge >= 0.3 is 0 Å². The third kappa shape index (κ3) is 7.59. The van der Waals surface area contributed by atoms with Gasteiger partial charge in [-0.3, -0.25) is 0 Å². The van der Waals surface area contributed by atoms with Crippen LogP contribution >= 0.6 is 0 Å². The van der Waals surface area contributed by atoms with Gasteiger partial charge in [0.1, 0.15) is 0 Å². The molecule has 0 aromatic carbocycles. The molecule has 1 heteroatoms. The molecule has 1 rings (SSSR count). The molecule has 0 radical (unpaired) electrons. The van der Waals surface area contributed by atoms with Crippen LogP contribution in [-0.4, -0.2) is 12.6 Å². The molecule has 100 valence electrons. The van der Waals surface area contributed by atoms with Gasteiger partial charge < -0.3 is 5.32 Å². The van der Waals surface area contributed by atoms with Crippen molar-refractivity contribution in [1.29, 1.82) is 0 Å². The molecular weight excluding hydrogens is 206 g/mol. The lowest BCUT2D eigenvalue weighted by molar-refractivity contribution is 0.447. The molecule has 1 aliphatic carbocycles. The summed E-state index contributed by atoms with van der Waals surface area (Å²) in [5, 5.41) is 3.57. The first-order chi connectivity index (χ1) is 8.26. The highest BCUT2D eigenvalue weighted by Gasteiger charge is 2.19. The first-order valence-corrected chi connectivity index (χ1v) is 7.65. The summed E-state index contributed by atoms with van der Waals surface area (Å²) in [7, 11) is 0. The second-order valence-electron chi connectivity index (χ2n) is 5.69. The molecular formula is C16H31N. The standard InChI is InChI=1S/C16H31N/c1-4-6-9-15(5-2)13-14(3)8-7-12-17-16-10-11-16/h8,15-17H,4-7,9-13H2,1-3H3. The van der Waals surface area contributed by atoms with Crippen LogP contribution in [0.1, 0.15) is 72.1 Å². The van der Waals surface area contributed by atoms with Crippen LogP contribution in [0.25, 0.3) is 0 Å². The molecule has 0 bridgehead atoms. The zero-order chi connectivity index (χ0) is 12.5. The number of unbranched alkanes of at least 4 members (excludes halogenated alkanes) is 1. The van der Waals surface area contributed by atoms with Crippen molar-refractivity contribution < 1.29 is 0 Å². The molecule has 1 aliphatic rings. The highest BCUT2D eigenvalue weighted by atomic mass is 14.9. The van der Waals surface area contributed by atoms with E-state index in [9.17, 15) is 0 Å². The quantitative estimate of drug-likeness (QED) is 0.429. The monoisotopic (exact) mass is 237 g/mol. The molecule has 0 saturated heterocycles. The largest absolute Gasteiger partial charge is 0.314 e. The highest BCUT2D eigenvalue weighted by Crippen LogP contribution is 2.21. The maximum atomic E-state index is 3.57. The Balaban J connectivity index is 2.10. The molecule has 1 fully saturated rings. The summed E-state index contributed by atoms with van der Waals surface area (Å²) in [6.45, 7) is 8.11. The predicted molar refractivity (Wildman–Crippen MR) is 77.3 cm³/mol. The van der Waals surface area contributed by atoms with Crippen LogP contribution < -0.4 is 5.32 Å². The molecule has 1 N–H and O–H groups in total. The van der Waals surface area contributed by atoms with Crippen LogP contribution in [0.2, 0.25) is 0 Å². The lowest BCUT2D eigenvalue weighted by Gasteiger charge is -2.14. The molecule has 1 nitrogen and oxygen atoms in total. The maximum Gasteiger partial charge on any atom is 0.00683 e. The van der Waals surface area contributed by atoms with E-state index in [1.165, 1.54) is 57.9 Å². The van der Waals surface area contributed by atoms with Gasteiger partial charge in [-0.15, -0.1) is 0 Å². The van der Waals surface area contributed by atoms with E-state index in [0.29, 0.717) is 0 Å². The van der Waals surface area contributed by atoms with E-state index in [0.717, 1.165) is 12.0 Å². The average molecular weight is 237 g/mol. The van der Waals surface area contributed by atoms with Crippen molar-refractivity contribution in [2.24, 2.45) is 5.92 Å². The van der Waals surface area contributed by atoms with Crippen LogP contribution in [0, 0.1) is 5.92 Å². The van der Waals surface area contributed by atoms with Crippen LogP contribution in [0.15, 0.2) is 11.6 Å². The van der Waals surface area contributed by atoms with Crippen LogP contribution in [0.3, 0.4) is 0 Å². The summed E-state index contributed by atoms with van der Waals surface area (Å²) in [6.07, 6.45) is 13.3. The van der Waals surface area contributed by atoms with Crippen molar-refractivity contribution in [1.82, 2.24) is 5.32 Å². The minimum atomic E-state index is 0.858. The fourth-order valence-corrected chi connectivity index (χ4v) is 2.38. The molecule has 0 aliphatic heterocycles. The van der Waals surface area contributed by atoms with Crippen molar-refractivity contribution in [3.8, 4) is 0 Å². The van der Waals surface area contributed by atoms with Gasteiger partial charge in [-0.2, -0.15) is 0 Å². The fourth-order valence-electron chi connectivity index (χ4n) is 2.38. The molecule has 0 aromatic rings. The molecule has 0 heterocycles. The van der Waals surface area contributed by atoms with Gasteiger partial charge in [0.2, 0.25) is 0 Å². The summed E-state index contributed by atoms with van der Waals surface area (Å²) in [5.74, 6) is 0.919. The Kier molecular flexibility index (Phi) is 7.59. The summed E-state index contributed by atoms with van der Waals surface area (Å²) >= 11 is 0. The van der Waals surface area contributed by atoms with Gasteiger partial charge in [-0.1, -0.05) is 51.2 Å². The Morgan fingerprint density at radius 2 is 2.12 bits per heavy atom. The van der Waals surface area contributed by atoms with E-state index in [4.69, 9.17) is 0 Å². The average Bonchev–Trinajstić information content (AvgIpc) is 3.14. The number of hydrogen-bond acceptors (Lipinski definition) is 1. The van der Waals surface area contributed by atoms with Crippen LogP contribution in [0.4, 0.5) is 0 Å². The molecule has 1 saturated carbocycles. The molecule has 1 unspecified atom stereocenters. The molecule has 17 heavy (non-hydrogen) atoms. The third-order valence-corrected chi connectivity index (χ3v) is 3.80. The highest BCUT2D eigenvalue weighted by molar-refractivity contribution is 4.99. The third-order valence-electron chi connectivity index (χ3n) is 3.80. The van der Waals surface area contributed by atoms with E-state index < -0.39 is 0 Å². The minimum Gasteiger partial charge on any atom is -0.314 e. The van der Waals surface area contributed by atoms with Crippen LogP contribution in [-0.2, 0) is 0 Å². The van der Waals surface area contributed by atoms with Gasteiger partial charge in [0, 0.05) is 6.04 Å². The Morgan fingerprint density at radius 3 is 2.71 bits per heavy atom. The molecule has 0 spiro atoms. The lowest BCUT2D eigenvalue weighted by Crippen LogP contribution is -2.16. The minimum absolute atomic E-state index is 0.858. The van der Waals surface area contributed by atoms with E-state index in [1.54, 1.807) is 5.57 Å². The van der Waals surface area contributed by atoms with E-state index in [-0.39, 0.29) is 0 Å².